The standard InChI is InChI=1S/C29H30ClNO4/c30-22-10-8-21(9-11-22)29-25(20-6-2-1-3-7-20)19-27(32)28(29,33)24-13-12-23(18-26(24)35-29)34-17-16-31-14-4-5-15-31/h1-3,6-13,18,25,27,32-33H,4-5,14-17,19H2/t25-,27+,28-,29-/m1/s1. The molecule has 3 aromatic rings. The molecule has 35 heavy (non-hydrogen) atoms. The van der Waals surface area contributed by atoms with Crippen LogP contribution < -0.4 is 9.47 Å². The third-order valence-electron chi connectivity index (χ3n) is 7.98. The van der Waals surface area contributed by atoms with E-state index in [0.29, 0.717) is 35.1 Å². The van der Waals surface area contributed by atoms with Gasteiger partial charge in [0.05, 0.1) is 6.10 Å². The van der Waals surface area contributed by atoms with Crippen molar-refractivity contribution < 1.29 is 19.7 Å². The summed E-state index contributed by atoms with van der Waals surface area (Å²) in [7, 11) is 0. The molecule has 2 aliphatic heterocycles. The van der Waals surface area contributed by atoms with Gasteiger partial charge in [-0.1, -0.05) is 54.1 Å². The minimum absolute atomic E-state index is 0.267. The molecule has 2 fully saturated rings. The molecule has 0 aromatic heterocycles. The lowest BCUT2D eigenvalue weighted by Gasteiger charge is -2.40. The van der Waals surface area contributed by atoms with Crippen LogP contribution in [-0.2, 0) is 11.2 Å². The molecule has 2 N–H and O–H groups in total. The van der Waals surface area contributed by atoms with E-state index in [4.69, 9.17) is 21.1 Å². The zero-order chi connectivity index (χ0) is 24.0. The van der Waals surface area contributed by atoms with Crippen molar-refractivity contribution in [3.05, 3.63) is 94.5 Å². The third-order valence-corrected chi connectivity index (χ3v) is 8.23. The van der Waals surface area contributed by atoms with Crippen LogP contribution in [0.2, 0.25) is 5.02 Å². The lowest BCUT2D eigenvalue weighted by Crippen LogP contribution is -2.51. The first-order valence-electron chi connectivity index (χ1n) is 12.4. The predicted octanol–water partition coefficient (Wildman–Crippen LogP) is 4.84. The van der Waals surface area contributed by atoms with Gasteiger partial charge in [0.2, 0.25) is 0 Å². The minimum Gasteiger partial charge on any atom is -0.492 e. The number of hydrogen-bond donors (Lipinski definition) is 2. The molecule has 3 aliphatic rings. The molecule has 0 radical (unpaired) electrons. The first kappa shape index (κ1) is 22.9. The highest BCUT2D eigenvalue weighted by Gasteiger charge is 2.72. The average molecular weight is 492 g/mol. The summed E-state index contributed by atoms with van der Waals surface area (Å²) in [6.45, 7) is 3.75. The number of nitrogens with zero attached hydrogens (tertiary/aromatic N) is 1. The molecule has 0 bridgehead atoms. The van der Waals surface area contributed by atoms with Crippen LogP contribution in [0, 0.1) is 0 Å². The fourth-order valence-electron chi connectivity index (χ4n) is 6.30. The van der Waals surface area contributed by atoms with E-state index < -0.39 is 17.3 Å². The van der Waals surface area contributed by atoms with Gasteiger partial charge in [-0.3, -0.25) is 4.90 Å². The second-order valence-corrected chi connectivity index (χ2v) is 10.3. The molecular weight excluding hydrogens is 462 g/mol. The van der Waals surface area contributed by atoms with Crippen molar-refractivity contribution in [3.63, 3.8) is 0 Å². The number of fused-ring (bicyclic) bond motifs is 3. The maximum absolute atomic E-state index is 12.3. The molecule has 1 saturated carbocycles. The highest BCUT2D eigenvalue weighted by atomic mass is 35.5. The summed E-state index contributed by atoms with van der Waals surface area (Å²) in [4.78, 5) is 2.41. The first-order valence-corrected chi connectivity index (χ1v) is 12.8. The monoisotopic (exact) mass is 491 g/mol. The van der Waals surface area contributed by atoms with Gasteiger partial charge in [0.25, 0.3) is 0 Å². The second kappa shape index (κ2) is 8.82. The van der Waals surface area contributed by atoms with Crippen molar-refractivity contribution in [1.29, 1.82) is 0 Å². The van der Waals surface area contributed by atoms with Crippen LogP contribution in [0.15, 0.2) is 72.8 Å². The largest absolute Gasteiger partial charge is 0.492 e. The number of likely N-dealkylation sites (tertiary alicyclic amines) is 1. The van der Waals surface area contributed by atoms with Crippen LogP contribution >= 0.6 is 11.6 Å². The molecule has 6 heteroatoms. The lowest BCUT2D eigenvalue weighted by atomic mass is 9.71. The molecule has 3 aromatic carbocycles. The predicted molar refractivity (Wildman–Crippen MR) is 135 cm³/mol. The maximum atomic E-state index is 12.3. The molecule has 0 spiro atoms. The number of rotatable bonds is 6. The molecule has 4 atom stereocenters. The molecule has 5 nitrogen and oxygen atoms in total. The Morgan fingerprint density at radius 1 is 1.00 bits per heavy atom. The first-order chi connectivity index (χ1) is 17.0. The van der Waals surface area contributed by atoms with Gasteiger partial charge in [0, 0.05) is 29.1 Å². The van der Waals surface area contributed by atoms with Crippen molar-refractivity contribution in [1.82, 2.24) is 4.90 Å². The molecule has 1 saturated heterocycles. The lowest BCUT2D eigenvalue weighted by molar-refractivity contribution is -0.149. The number of halogens is 1. The average Bonchev–Trinajstić information content (AvgIpc) is 3.54. The summed E-state index contributed by atoms with van der Waals surface area (Å²) < 4.78 is 12.8. The number of aliphatic hydroxyl groups excluding tert-OH is 1. The highest BCUT2D eigenvalue weighted by Crippen LogP contribution is 2.66. The molecular formula is C29H30ClNO4. The van der Waals surface area contributed by atoms with Gasteiger partial charge in [0.15, 0.2) is 11.2 Å². The Balaban J connectivity index is 1.39. The molecule has 0 unspecified atom stereocenters. The van der Waals surface area contributed by atoms with Crippen molar-refractivity contribution in [3.8, 4) is 11.5 Å². The molecule has 6 rings (SSSR count). The smallest absolute Gasteiger partial charge is 0.176 e. The van der Waals surface area contributed by atoms with Gasteiger partial charge in [-0.25, -0.2) is 0 Å². The normalized spacial score (nSPS) is 29.6. The third kappa shape index (κ3) is 3.56. The topological polar surface area (TPSA) is 62.2 Å². The molecule has 182 valence electrons. The summed E-state index contributed by atoms with van der Waals surface area (Å²) in [5, 5.41) is 24.3. The van der Waals surface area contributed by atoms with Crippen LogP contribution in [0.4, 0.5) is 0 Å². The van der Waals surface area contributed by atoms with Crippen LogP contribution in [-0.4, -0.2) is 47.5 Å². The second-order valence-electron chi connectivity index (χ2n) is 9.88. The van der Waals surface area contributed by atoms with E-state index >= 15 is 0 Å². The van der Waals surface area contributed by atoms with Crippen LogP contribution in [0.25, 0.3) is 0 Å². The number of ether oxygens (including phenoxy) is 2. The summed E-state index contributed by atoms with van der Waals surface area (Å²) in [5.74, 6) is 0.973. The van der Waals surface area contributed by atoms with Gasteiger partial charge < -0.3 is 19.7 Å². The Labute approximate surface area is 210 Å². The number of benzene rings is 3. The molecule has 1 aliphatic carbocycles. The van der Waals surface area contributed by atoms with Gasteiger partial charge in [-0.15, -0.1) is 0 Å². The van der Waals surface area contributed by atoms with E-state index in [1.807, 2.05) is 60.7 Å². The zero-order valence-corrected chi connectivity index (χ0v) is 20.3. The van der Waals surface area contributed by atoms with E-state index in [1.54, 1.807) is 12.1 Å². The van der Waals surface area contributed by atoms with Gasteiger partial charge in [0.1, 0.15) is 18.1 Å². The SMILES string of the molecule is O[C@H]1C[C@H](c2ccccc2)[C@@]2(c3ccc(Cl)cc3)Oc3cc(OCCN4CCCC4)ccc3[C@@]12O. The quantitative estimate of drug-likeness (QED) is 0.516. The molecule has 2 heterocycles. The Morgan fingerprint density at radius 2 is 1.74 bits per heavy atom. The fourth-order valence-corrected chi connectivity index (χ4v) is 6.43. The summed E-state index contributed by atoms with van der Waals surface area (Å²) in [6.07, 6.45) is 1.87. The Bertz CT molecular complexity index is 1200. The van der Waals surface area contributed by atoms with E-state index in [9.17, 15) is 10.2 Å². The van der Waals surface area contributed by atoms with Crippen LogP contribution in [0.1, 0.15) is 41.9 Å². The Hall–Kier alpha value is -2.57. The summed E-state index contributed by atoms with van der Waals surface area (Å²) in [6, 6.07) is 22.9. The van der Waals surface area contributed by atoms with E-state index in [2.05, 4.69) is 4.90 Å². The van der Waals surface area contributed by atoms with Gasteiger partial charge >= 0.3 is 0 Å². The van der Waals surface area contributed by atoms with Crippen molar-refractivity contribution in [2.24, 2.45) is 0 Å². The van der Waals surface area contributed by atoms with Gasteiger partial charge in [-0.05, 0) is 67.7 Å². The van der Waals surface area contributed by atoms with Crippen LogP contribution in [0.5, 0.6) is 11.5 Å². The summed E-state index contributed by atoms with van der Waals surface area (Å²) in [5.41, 5.74) is -0.445. The van der Waals surface area contributed by atoms with E-state index in [0.717, 1.165) is 30.8 Å². The number of aliphatic hydroxyl groups is 2. The molecule has 0 amide bonds. The van der Waals surface area contributed by atoms with E-state index in [1.165, 1.54) is 12.8 Å². The minimum atomic E-state index is -1.62. The summed E-state index contributed by atoms with van der Waals surface area (Å²) >= 11 is 6.21. The van der Waals surface area contributed by atoms with Crippen LogP contribution in [0.3, 0.4) is 0 Å². The van der Waals surface area contributed by atoms with Crippen molar-refractivity contribution in [2.75, 3.05) is 26.2 Å². The van der Waals surface area contributed by atoms with Crippen molar-refractivity contribution >= 4 is 11.6 Å². The van der Waals surface area contributed by atoms with Crippen molar-refractivity contribution in [2.45, 2.75) is 42.5 Å². The number of hydrogen-bond acceptors (Lipinski definition) is 5. The Kier molecular flexibility index (Phi) is 5.76. The maximum Gasteiger partial charge on any atom is 0.176 e. The highest BCUT2D eigenvalue weighted by molar-refractivity contribution is 6.30. The van der Waals surface area contributed by atoms with Gasteiger partial charge in [-0.2, -0.15) is 0 Å². The van der Waals surface area contributed by atoms with E-state index in [-0.39, 0.29) is 5.92 Å². The Morgan fingerprint density at radius 3 is 2.49 bits per heavy atom. The zero-order valence-electron chi connectivity index (χ0n) is 19.6. The fraction of sp³-hybridized carbons (Fsp3) is 0.379.